The van der Waals surface area contributed by atoms with Crippen LogP contribution >= 0.6 is 0 Å². The van der Waals surface area contributed by atoms with Crippen LogP contribution in [0, 0.1) is 12.8 Å². The highest BCUT2D eigenvalue weighted by Crippen LogP contribution is 2.32. The molecule has 1 fully saturated rings. The van der Waals surface area contributed by atoms with E-state index in [1.54, 1.807) is 55.9 Å². The number of amides is 1. The maximum atomic E-state index is 13.3. The highest BCUT2D eigenvalue weighted by molar-refractivity contribution is 7.90. The Hall–Kier alpha value is -2.23. The lowest BCUT2D eigenvalue weighted by atomic mass is 9.84. The SMILES string of the molecule is Cc1cc([C@@H](CC2CCOCC2)C(=O)Nc2ccn(CC(C)(C)O)n2)ccc1S(C)(=O)=O. The van der Waals surface area contributed by atoms with Crippen LogP contribution in [0.5, 0.6) is 0 Å². The molecule has 32 heavy (non-hydrogen) atoms. The molecule has 2 N–H and O–H groups in total. The first-order valence-electron chi connectivity index (χ1n) is 10.9. The number of aromatic nitrogens is 2. The van der Waals surface area contributed by atoms with Gasteiger partial charge in [0, 0.05) is 31.7 Å². The zero-order chi connectivity index (χ0) is 23.5. The van der Waals surface area contributed by atoms with Gasteiger partial charge in [0.2, 0.25) is 5.91 Å². The molecule has 0 spiro atoms. The molecule has 9 heteroatoms. The average molecular weight is 464 g/mol. The summed E-state index contributed by atoms with van der Waals surface area (Å²) in [5.41, 5.74) is 0.497. The topological polar surface area (TPSA) is 111 Å². The fourth-order valence-electron chi connectivity index (χ4n) is 4.14. The van der Waals surface area contributed by atoms with E-state index in [-0.39, 0.29) is 10.8 Å². The van der Waals surface area contributed by atoms with Gasteiger partial charge in [0.15, 0.2) is 15.7 Å². The van der Waals surface area contributed by atoms with Crippen LogP contribution in [-0.2, 0) is 25.9 Å². The van der Waals surface area contributed by atoms with Crippen LogP contribution in [-0.4, -0.2) is 54.3 Å². The number of hydrogen-bond donors (Lipinski definition) is 2. The number of nitrogens with one attached hydrogen (secondary N) is 1. The Morgan fingerprint density at radius 3 is 2.59 bits per heavy atom. The number of nitrogens with zero attached hydrogens (tertiary/aromatic N) is 2. The summed E-state index contributed by atoms with van der Waals surface area (Å²) in [4.78, 5) is 13.6. The summed E-state index contributed by atoms with van der Waals surface area (Å²) in [6, 6.07) is 6.82. The molecule has 0 unspecified atom stereocenters. The molecule has 2 heterocycles. The standard InChI is InChI=1S/C23H33N3O5S/c1-16-13-18(5-6-20(16)32(4,29)30)19(14-17-8-11-31-12-9-17)22(27)24-21-7-10-26(25-21)15-23(2,3)28/h5-7,10,13,17,19,28H,8-9,11-12,14-15H2,1-4H3,(H,24,25,27)/t19-/m1/s1. The van der Waals surface area contributed by atoms with Crippen molar-refractivity contribution in [2.45, 2.75) is 63.0 Å². The molecule has 2 aromatic rings. The Bertz CT molecular complexity index is 1050. The van der Waals surface area contributed by atoms with Crippen molar-refractivity contribution < 1.29 is 23.1 Å². The number of aliphatic hydroxyl groups is 1. The molecule has 1 aliphatic heterocycles. The van der Waals surface area contributed by atoms with Crippen LogP contribution in [0.2, 0.25) is 0 Å². The quantitative estimate of drug-likeness (QED) is 0.623. The Kier molecular flexibility index (Phi) is 7.42. The molecule has 1 amide bonds. The molecule has 1 aromatic heterocycles. The largest absolute Gasteiger partial charge is 0.389 e. The summed E-state index contributed by atoms with van der Waals surface area (Å²) in [5.74, 6) is 0.143. The lowest BCUT2D eigenvalue weighted by Crippen LogP contribution is -2.27. The second-order valence-electron chi connectivity index (χ2n) is 9.34. The van der Waals surface area contributed by atoms with Crippen LogP contribution in [0.3, 0.4) is 0 Å². The number of sulfone groups is 1. The fraction of sp³-hybridized carbons (Fsp3) is 0.565. The van der Waals surface area contributed by atoms with Crippen LogP contribution < -0.4 is 5.32 Å². The van der Waals surface area contributed by atoms with Gasteiger partial charge in [0.25, 0.3) is 0 Å². The van der Waals surface area contributed by atoms with Gasteiger partial charge in [-0.15, -0.1) is 0 Å². The molecular weight excluding hydrogens is 430 g/mol. The van der Waals surface area contributed by atoms with Crippen LogP contribution in [0.4, 0.5) is 5.82 Å². The smallest absolute Gasteiger partial charge is 0.233 e. The first kappa shape index (κ1) is 24.4. The molecule has 8 nitrogen and oxygen atoms in total. The van der Waals surface area contributed by atoms with E-state index in [2.05, 4.69) is 10.4 Å². The van der Waals surface area contributed by atoms with Gasteiger partial charge < -0.3 is 15.2 Å². The molecule has 0 saturated carbocycles. The molecule has 0 bridgehead atoms. The Balaban J connectivity index is 1.84. The number of aryl methyl sites for hydroxylation is 1. The van der Waals surface area contributed by atoms with E-state index < -0.39 is 21.4 Å². The van der Waals surface area contributed by atoms with Crippen molar-refractivity contribution in [3.63, 3.8) is 0 Å². The fourth-order valence-corrected chi connectivity index (χ4v) is 5.10. The number of ether oxygens (including phenoxy) is 1. The van der Waals surface area contributed by atoms with Crippen molar-refractivity contribution in [3.8, 4) is 0 Å². The van der Waals surface area contributed by atoms with E-state index in [0.717, 1.165) is 18.4 Å². The van der Waals surface area contributed by atoms with Gasteiger partial charge in [0.05, 0.1) is 23.0 Å². The van der Waals surface area contributed by atoms with Gasteiger partial charge in [-0.05, 0) is 63.1 Å². The Labute approximate surface area is 189 Å². The highest BCUT2D eigenvalue weighted by Gasteiger charge is 2.28. The lowest BCUT2D eigenvalue weighted by Gasteiger charge is -2.26. The molecule has 1 atom stereocenters. The predicted octanol–water partition coefficient (Wildman–Crippen LogP) is 2.90. The maximum absolute atomic E-state index is 13.3. The van der Waals surface area contributed by atoms with E-state index in [4.69, 9.17) is 4.74 Å². The summed E-state index contributed by atoms with van der Waals surface area (Å²) in [6.07, 6.45) is 5.34. The van der Waals surface area contributed by atoms with Gasteiger partial charge in [-0.25, -0.2) is 8.42 Å². The maximum Gasteiger partial charge on any atom is 0.233 e. The third-order valence-corrected chi connectivity index (χ3v) is 6.93. The van der Waals surface area contributed by atoms with Gasteiger partial charge in [0.1, 0.15) is 0 Å². The minimum absolute atomic E-state index is 0.184. The van der Waals surface area contributed by atoms with Gasteiger partial charge >= 0.3 is 0 Å². The van der Waals surface area contributed by atoms with Crippen molar-refractivity contribution in [2.24, 2.45) is 5.92 Å². The first-order chi connectivity index (χ1) is 14.9. The molecule has 3 rings (SSSR count). The van der Waals surface area contributed by atoms with Crippen molar-refractivity contribution in [3.05, 3.63) is 41.6 Å². The zero-order valence-corrected chi connectivity index (χ0v) is 20.0. The zero-order valence-electron chi connectivity index (χ0n) is 19.2. The summed E-state index contributed by atoms with van der Waals surface area (Å²) < 4.78 is 31.1. The second kappa shape index (κ2) is 9.72. The molecule has 1 aromatic carbocycles. The number of rotatable bonds is 8. The van der Waals surface area contributed by atoms with Crippen molar-refractivity contribution in [1.82, 2.24) is 9.78 Å². The molecule has 176 valence electrons. The summed E-state index contributed by atoms with van der Waals surface area (Å²) >= 11 is 0. The minimum atomic E-state index is -3.33. The van der Waals surface area contributed by atoms with E-state index in [0.29, 0.717) is 43.5 Å². The van der Waals surface area contributed by atoms with E-state index in [9.17, 15) is 18.3 Å². The number of carbonyl (C=O) groups excluding carboxylic acids is 1. The third-order valence-electron chi connectivity index (χ3n) is 5.67. The van der Waals surface area contributed by atoms with E-state index in [1.165, 1.54) is 6.26 Å². The summed E-state index contributed by atoms with van der Waals surface area (Å²) in [7, 11) is -3.33. The van der Waals surface area contributed by atoms with Crippen LogP contribution in [0.1, 0.15) is 50.2 Å². The highest BCUT2D eigenvalue weighted by atomic mass is 32.2. The van der Waals surface area contributed by atoms with Gasteiger partial charge in [-0.1, -0.05) is 12.1 Å². The Morgan fingerprint density at radius 2 is 2.00 bits per heavy atom. The molecule has 1 saturated heterocycles. The van der Waals surface area contributed by atoms with Crippen molar-refractivity contribution >= 4 is 21.6 Å². The lowest BCUT2D eigenvalue weighted by molar-refractivity contribution is -0.118. The van der Waals surface area contributed by atoms with Crippen molar-refractivity contribution in [1.29, 1.82) is 0 Å². The average Bonchev–Trinajstić information content (AvgIpc) is 3.10. The van der Waals surface area contributed by atoms with Crippen LogP contribution in [0.25, 0.3) is 0 Å². The number of benzene rings is 1. The Morgan fingerprint density at radius 1 is 1.31 bits per heavy atom. The molecular formula is C23H33N3O5S. The molecule has 0 aliphatic carbocycles. The summed E-state index contributed by atoms with van der Waals surface area (Å²) in [6.45, 7) is 6.82. The number of carbonyl (C=O) groups is 1. The molecule has 0 radical (unpaired) electrons. The van der Waals surface area contributed by atoms with Gasteiger partial charge in [-0.2, -0.15) is 5.10 Å². The second-order valence-corrected chi connectivity index (χ2v) is 11.3. The minimum Gasteiger partial charge on any atom is -0.389 e. The van der Waals surface area contributed by atoms with Crippen molar-refractivity contribution in [2.75, 3.05) is 24.8 Å². The van der Waals surface area contributed by atoms with Gasteiger partial charge in [-0.3, -0.25) is 9.48 Å². The normalized spacial score (nSPS) is 16.7. The number of anilines is 1. The predicted molar refractivity (Wildman–Crippen MR) is 122 cm³/mol. The van der Waals surface area contributed by atoms with E-state index >= 15 is 0 Å². The first-order valence-corrected chi connectivity index (χ1v) is 12.8. The monoisotopic (exact) mass is 463 g/mol. The summed E-state index contributed by atoms with van der Waals surface area (Å²) in [5, 5.41) is 17.2. The number of hydrogen-bond acceptors (Lipinski definition) is 6. The van der Waals surface area contributed by atoms with E-state index in [1.807, 2.05) is 0 Å². The van der Waals surface area contributed by atoms with Crippen LogP contribution in [0.15, 0.2) is 35.4 Å². The third kappa shape index (κ3) is 6.63. The molecule has 1 aliphatic rings.